The summed E-state index contributed by atoms with van der Waals surface area (Å²) in [6.07, 6.45) is 0.137. The molecule has 1 heterocycles. The maximum absolute atomic E-state index is 9.84. The number of morpholine rings is 1. The van der Waals surface area contributed by atoms with Gasteiger partial charge in [0.2, 0.25) is 5.79 Å². The average molecular weight is 188 g/mol. The molecule has 3 nitrogen and oxygen atoms in total. The van der Waals surface area contributed by atoms with E-state index in [1.54, 1.807) is 6.92 Å². The van der Waals surface area contributed by atoms with Crippen molar-refractivity contribution >= 4 is 0 Å². The van der Waals surface area contributed by atoms with Gasteiger partial charge in [0.15, 0.2) is 0 Å². The molecule has 0 spiro atoms. The van der Waals surface area contributed by atoms with Gasteiger partial charge in [-0.1, -0.05) is 0 Å². The van der Waals surface area contributed by atoms with Gasteiger partial charge in [-0.2, -0.15) is 0 Å². The van der Waals surface area contributed by atoms with Crippen LogP contribution in [0.4, 0.5) is 0 Å². The summed E-state index contributed by atoms with van der Waals surface area (Å²) in [6, 6.07) is 0. The van der Waals surface area contributed by atoms with Gasteiger partial charge in [-0.15, -0.1) is 0 Å². The first-order valence-corrected chi connectivity index (χ1v) is 4.96. The lowest BCUT2D eigenvalue weighted by molar-refractivity contribution is -0.967. The van der Waals surface area contributed by atoms with E-state index in [0.29, 0.717) is 6.54 Å². The van der Waals surface area contributed by atoms with Crippen LogP contribution in [0.5, 0.6) is 0 Å². The summed E-state index contributed by atoms with van der Waals surface area (Å²) in [4.78, 5) is 1.40. The van der Waals surface area contributed by atoms with Crippen LogP contribution in [0.25, 0.3) is 0 Å². The van der Waals surface area contributed by atoms with E-state index in [0.717, 1.165) is 6.54 Å². The third-order valence-electron chi connectivity index (χ3n) is 2.59. The Balaban J connectivity index is 2.69. The highest BCUT2D eigenvalue weighted by Crippen LogP contribution is 2.11. The Bertz CT molecular complexity index is 184. The zero-order valence-corrected chi connectivity index (χ0v) is 9.35. The predicted octanol–water partition coefficient (Wildman–Crippen LogP) is -0.203. The third kappa shape index (κ3) is 2.93. The summed E-state index contributed by atoms with van der Waals surface area (Å²) in [5.41, 5.74) is 0.183. The number of nitrogens with one attached hydrogen (secondary N) is 1. The van der Waals surface area contributed by atoms with Crippen LogP contribution in [0, 0.1) is 0 Å². The zero-order chi connectivity index (χ0) is 10.3. The quantitative estimate of drug-likeness (QED) is 0.552. The Morgan fingerprint density at radius 3 is 2.38 bits per heavy atom. The fraction of sp³-hybridized carbons (Fsp3) is 1.00. The van der Waals surface area contributed by atoms with Crippen molar-refractivity contribution in [3.63, 3.8) is 0 Å². The normalized spacial score (nSPS) is 42.0. The van der Waals surface area contributed by atoms with Gasteiger partial charge in [-0.25, -0.2) is 0 Å². The minimum atomic E-state index is -0.958. The molecule has 78 valence electrons. The second-order valence-electron chi connectivity index (χ2n) is 5.34. The SMILES string of the molecule is C[C@H]1C[NH+](C(C)(C)C)C[C@@](C)(O)O1. The standard InChI is InChI=1S/C10H21NO2/c1-8-6-11(9(2,3)4)7-10(5,12)13-8/h8,12H,6-7H2,1-5H3/p+1/t8-,10-/m0/s1. The van der Waals surface area contributed by atoms with Crippen molar-refractivity contribution < 1.29 is 14.7 Å². The summed E-state index contributed by atoms with van der Waals surface area (Å²) in [6.45, 7) is 12.0. The van der Waals surface area contributed by atoms with Gasteiger partial charge in [-0.05, 0) is 34.6 Å². The van der Waals surface area contributed by atoms with Crippen LogP contribution in [-0.2, 0) is 4.74 Å². The summed E-state index contributed by atoms with van der Waals surface area (Å²) in [5.74, 6) is -0.958. The predicted molar refractivity (Wildman–Crippen MR) is 51.6 cm³/mol. The van der Waals surface area contributed by atoms with Gasteiger partial charge in [0.25, 0.3) is 0 Å². The molecule has 1 saturated heterocycles. The maximum Gasteiger partial charge on any atom is 0.213 e. The molecular formula is C10H22NO2+. The molecule has 1 aliphatic heterocycles. The van der Waals surface area contributed by atoms with Crippen LogP contribution in [0.2, 0.25) is 0 Å². The Morgan fingerprint density at radius 1 is 1.46 bits per heavy atom. The molecule has 1 rings (SSSR count). The van der Waals surface area contributed by atoms with Crippen LogP contribution in [0.15, 0.2) is 0 Å². The lowest BCUT2D eigenvalue weighted by atomic mass is 10.0. The Labute approximate surface area is 80.7 Å². The molecule has 0 aromatic carbocycles. The summed E-state index contributed by atoms with van der Waals surface area (Å²) in [5, 5.41) is 9.84. The second kappa shape index (κ2) is 3.23. The minimum absolute atomic E-state index is 0.137. The van der Waals surface area contributed by atoms with Crippen molar-refractivity contribution in [3.05, 3.63) is 0 Å². The lowest BCUT2D eigenvalue weighted by Gasteiger charge is -2.43. The molecule has 0 amide bonds. The van der Waals surface area contributed by atoms with Gasteiger partial charge in [0.1, 0.15) is 19.2 Å². The van der Waals surface area contributed by atoms with E-state index < -0.39 is 5.79 Å². The van der Waals surface area contributed by atoms with Crippen LogP contribution < -0.4 is 4.90 Å². The number of hydrogen-bond donors (Lipinski definition) is 2. The topological polar surface area (TPSA) is 33.9 Å². The molecule has 0 aliphatic carbocycles. The molecular weight excluding hydrogens is 166 g/mol. The minimum Gasteiger partial charge on any atom is -0.361 e. The molecule has 0 saturated carbocycles. The highest BCUT2D eigenvalue weighted by atomic mass is 16.6. The molecule has 1 unspecified atom stereocenters. The molecule has 3 heteroatoms. The van der Waals surface area contributed by atoms with E-state index in [4.69, 9.17) is 4.74 Å². The molecule has 0 aromatic rings. The van der Waals surface area contributed by atoms with E-state index in [1.165, 1.54) is 4.90 Å². The van der Waals surface area contributed by atoms with Gasteiger partial charge in [-0.3, -0.25) is 0 Å². The van der Waals surface area contributed by atoms with Crippen LogP contribution >= 0.6 is 0 Å². The van der Waals surface area contributed by atoms with E-state index in [2.05, 4.69) is 20.8 Å². The molecule has 13 heavy (non-hydrogen) atoms. The Morgan fingerprint density at radius 2 is 2.00 bits per heavy atom. The van der Waals surface area contributed by atoms with Crippen molar-refractivity contribution in [2.45, 2.75) is 52.0 Å². The van der Waals surface area contributed by atoms with Crippen molar-refractivity contribution in [1.82, 2.24) is 0 Å². The maximum atomic E-state index is 9.84. The molecule has 0 aromatic heterocycles. The molecule has 3 atom stereocenters. The van der Waals surface area contributed by atoms with E-state index in [-0.39, 0.29) is 11.6 Å². The Kier molecular flexibility index (Phi) is 2.72. The van der Waals surface area contributed by atoms with Crippen LogP contribution in [0.3, 0.4) is 0 Å². The molecule has 1 fully saturated rings. The van der Waals surface area contributed by atoms with E-state index in [9.17, 15) is 5.11 Å². The van der Waals surface area contributed by atoms with Crippen LogP contribution in [0.1, 0.15) is 34.6 Å². The lowest BCUT2D eigenvalue weighted by Crippen LogP contribution is -3.22. The van der Waals surface area contributed by atoms with Crippen molar-refractivity contribution in [1.29, 1.82) is 0 Å². The van der Waals surface area contributed by atoms with Gasteiger partial charge >= 0.3 is 0 Å². The number of rotatable bonds is 0. The summed E-state index contributed by atoms with van der Waals surface area (Å²) < 4.78 is 5.43. The number of aliphatic hydroxyl groups is 1. The zero-order valence-electron chi connectivity index (χ0n) is 9.35. The second-order valence-corrected chi connectivity index (χ2v) is 5.34. The summed E-state index contributed by atoms with van der Waals surface area (Å²) >= 11 is 0. The summed E-state index contributed by atoms with van der Waals surface area (Å²) in [7, 11) is 0. The van der Waals surface area contributed by atoms with E-state index >= 15 is 0 Å². The highest BCUT2D eigenvalue weighted by Gasteiger charge is 2.41. The average Bonchev–Trinajstić information content (AvgIpc) is 1.79. The van der Waals surface area contributed by atoms with Gasteiger partial charge in [0, 0.05) is 0 Å². The monoisotopic (exact) mass is 188 g/mol. The fourth-order valence-corrected chi connectivity index (χ4v) is 1.90. The smallest absolute Gasteiger partial charge is 0.213 e. The van der Waals surface area contributed by atoms with Gasteiger partial charge in [0.05, 0.1) is 5.54 Å². The largest absolute Gasteiger partial charge is 0.361 e. The van der Waals surface area contributed by atoms with Crippen molar-refractivity contribution in [3.8, 4) is 0 Å². The Hall–Kier alpha value is -0.120. The fourth-order valence-electron chi connectivity index (χ4n) is 1.90. The molecule has 2 N–H and O–H groups in total. The van der Waals surface area contributed by atoms with Crippen molar-refractivity contribution in [2.24, 2.45) is 0 Å². The third-order valence-corrected chi connectivity index (χ3v) is 2.59. The number of quaternary nitrogens is 1. The molecule has 0 bridgehead atoms. The van der Waals surface area contributed by atoms with Crippen molar-refractivity contribution in [2.75, 3.05) is 13.1 Å². The first-order valence-electron chi connectivity index (χ1n) is 4.96. The first-order chi connectivity index (χ1) is 5.71. The molecule has 1 aliphatic rings. The number of hydrogen-bond acceptors (Lipinski definition) is 2. The van der Waals surface area contributed by atoms with E-state index in [1.807, 2.05) is 6.92 Å². The number of ether oxygens (including phenoxy) is 1. The highest BCUT2D eigenvalue weighted by molar-refractivity contribution is 4.69. The molecule has 0 radical (unpaired) electrons. The first kappa shape index (κ1) is 11.0. The van der Waals surface area contributed by atoms with Gasteiger partial charge < -0.3 is 14.7 Å². The van der Waals surface area contributed by atoms with Crippen LogP contribution in [-0.4, -0.2) is 35.6 Å².